The molecule has 1 aliphatic heterocycles. The van der Waals surface area contributed by atoms with Gasteiger partial charge in [-0.2, -0.15) is 0 Å². The van der Waals surface area contributed by atoms with E-state index < -0.39 is 54.0 Å². The minimum Gasteiger partial charge on any atom is -0.466 e. The second-order valence-electron chi connectivity index (χ2n) is 7.28. The molecular formula is C21H27N3O10S. The summed E-state index contributed by atoms with van der Waals surface area (Å²) in [4.78, 5) is 64.2. The molecule has 0 spiro atoms. The Kier molecular flexibility index (Phi) is 9.83. The summed E-state index contributed by atoms with van der Waals surface area (Å²) in [5, 5.41) is 3.23. The number of nitrogens with zero attached hydrogens (tertiary/aromatic N) is 2. The van der Waals surface area contributed by atoms with Crippen LogP contribution in [0.2, 0.25) is 0 Å². The molecule has 4 atom stereocenters. The molecule has 1 N–H and O–H groups in total. The van der Waals surface area contributed by atoms with Gasteiger partial charge in [0.1, 0.15) is 5.82 Å². The zero-order valence-corrected chi connectivity index (χ0v) is 20.9. The summed E-state index contributed by atoms with van der Waals surface area (Å²) in [5.74, 6) is -2.77. The molecule has 0 bridgehead atoms. The number of esters is 4. The zero-order valence-electron chi connectivity index (χ0n) is 20.1. The van der Waals surface area contributed by atoms with Gasteiger partial charge in [0.15, 0.2) is 29.7 Å². The minimum absolute atomic E-state index is 0.00673. The second kappa shape index (κ2) is 12.4. The summed E-state index contributed by atoms with van der Waals surface area (Å²) in [6.45, 7) is 3.24. The first-order valence-corrected chi connectivity index (χ1v) is 11.5. The molecule has 0 radical (unpaired) electrons. The first-order chi connectivity index (χ1) is 16.5. The van der Waals surface area contributed by atoms with E-state index in [1.54, 1.807) is 6.26 Å². The standard InChI is InChI=1S/C21H27N3O10S/c1-10(25)32-14-9-31-19(17(34-12(3)27)16(14)33-11(2)26)22-18-13(7-8-15(28)30-5)20(29)24(4)21(23-18)35-6/h7-8,14,16-17,19,22H,9H2,1-6H3/b8-7+. The van der Waals surface area contributed by atoms with Crippen molar-refractivity contribution in [3.63, 3.8) is 0 Å². The van der Waals surface area contributed by atoms with E-state index in [-0.39, 0.29) is 18.0 Å². The Morgan fingerprint density at radius 1 is 1.09 bits per heavy atom. The highest BCUT2D eigenvalue weighted by atomic mass is 32.2. The Balaban J connectivity index is 2.54. The van der Waals surface area contributed by atoms with Crippen LogP contribution >= 0.6 is 11.8 Å². The van der Waals surface area contributed by atoms with Crippen LogP contribution in [-0.4, -0.2) is 77.9 Å². The lowest BCUT2D eigenvalue weighted by molar-refractivity contribution is -0.221. The maximum absolute atomic E-state index is 13.0. The SMILES string of the molecule is COC(=O)/C=C/c1c(NC2OCC(OC(C)=O)C(OC(C)=O)C2OC(C)=O)nc(SC)n(C)c1=O. The van der Waals surface area contributed by atoms with Gasteiger partial charge in [-0.25, -0.2) is 9.78 Å². The molecule has 2 rings (SSSR count). The van der Waals surface area contributed by atoms with Crippen molar-refractivity contribution in [3.05, 3.63) is 22.0 Å². The van der Waals surface area contributed by atoms with Crippen LogP contribution in [0.15, 0.2) is 16.0 Å². The average molecular weight is 514 g/mol. The number of hydrogen-bond donors (Lipinski definition) is 1. The fourth-order valence-corrected chi connectivity index (χ4v) is 3.80. The molecule has 0 aliphatic carbocycles. The van der Waals surface area contributed by atoms with E-state index in [4.69, 9.17) is 18.9 Å². The number of nitrogens with one attached hydrogen (secondary N) is 1. The summed E-state index contributed by atoms with van der Waals surface area (Å²) in [6.07, 6.45) is -0.739. The van der Waals surface area contributed by atoms with E-state index >= 15 is 0 Å². The van der Waals surface area contributed by atoms with Crippen LogP contribution in [0.5, 0.6) is 0 Å². The van der Waals surface area contributed by atoms with E-state index in [0.717, 1.165) is 19.9 Å². The largest absolute Gasteiger partial charge is 0.466 e. The lowest BCUT2D eigenvalue weighted by atomic mass is 10.0. The molecule has 4 unspecified atom stereocenters. The first-order valence-electron chi connectivity index (χ1n) is 10.3. The number of aromatic nitrogens is 2. The van der Waals surface area contributed by atoms with Crippen molar-refractivity contribution in [1.82, 2.24) is 9.55 Å². The van der Waals surface area contributed by atoms with Crippen molar-refractivity contribution in [2.75, 3.05) is 25.3 Å². The number of carbonyl (C=O) groups excluding carboxylic acids is 4. The van der Waals surface area contributed by atoms with E-state index in [2.05, 4.69) is 15.0 Å². The Labute approximate surface area is 205 Å². The lowest BCUT2D eigenvalue weighted by Crippen LogP contribution is -2.59. The van der Waals surface area contributed by atoms with Gasteiger partial charge < -0.3 is 29.0 Å². The highest BCUT2D eigenvalue weighted by molar-refractivity contribution is 7.98. The van der Waals surface area contributed by atoms with Gasteiger partial charge in [-0.1, -0.05) is 11.8 Å². The molecule has 192 valence electrons. The summed E-state index contributed by atoms with van der Waals surface area (Å²) in [6, 6.07) is 0. The second-order valence-corrected chi connectivity index (χ2v) is 8.05. The molecule has 2 heterocycles. The smallest absolute Gasteiger partial charge is 0.330 e. The maximum atomic E-state index is 13.0. The van der Waals surface area contributed by atoms with Gasteiger partial charge in [0.25, 0.3) is 5.56 Å². The molecule has 0 amide bonds. The number of anilines is 1. The quantitative estimate of drug-likeness (QED) is 0.166. The van der Waals surface area contributed by atoms with Crippen molar-refractivity contribution in [3.8, 4) is 0 Å². The van der Waals surface area contributed by atoms with Crippen LogP contribution in [-0.2, 0) is 49.9 Å². The first kappa shape index (κ1) is 27.9. The predicted octanol–water partition coefficient (Wildman–Crippen LogP) is 0.252. The third-order valence-corrected chi connectivity index (χ3v) is 5.41. The zero-order chi connectivity index (χ0) is 26.3. The van der Waals surface area contributed by atoms with Crippen LogP contribution in [0.25, 0.3) is 6.08 Å². The molecule has 1 aliphatic rings. The van der Waals surface area contributed by atoms with Gasteiger partial charge in [-0.3, -0.25) is 23.7 Å². The summed E-state index contributed by atoms with van der Waals surface area (Å²) in [7, 11) is 2.70. The topological polar surface area (TPSA) is 161 Å². The Bertz CT molecular complexity index is 1070. The van der Waals surface area contributed by atoms with Crippen molar-refractivity contribution in [1.29, 1.82) is 0 Å². The van der Waals surface area contributed by atoms with Crippen molar-refractivity contribution >= 4 is 47.5 Å². The van der Waals surface area contributed by atoms with Crippen LogP contribution in [0.1, 0.15) is 26.3 Å². The normalized spacial score (nSPS) is 21.8. The summed E-state index contributed by atoms with van der Waals surface area (Å²) in [5.41, 5.74) is -0.492. The number of ether oxygens (including phenoxy) is 5. The summed E-state index contributed by atoms with van der Waals surface area (Å²) >= 11 is 1.19. The number of rotatable bonds is 8. The highest BCUT2D eigenvalue weighted by Crippen LogP contribution is 2.27. The minimum atomic E-state index is -1.28. The number of hydrogen-bond acceptors (Lipinski definition) is 13. The monoisotopic (exact) mass is 513 g/mol. The maximum Gasteiger partial charge on any atom is 0.330 e. The van der Waals surface area contributed by atoms with E-state index in [0.29, 0.717) is 5.16 Å². The molecular weight excluding hydrogens is 486 g/mol. The molecule has 35 heavy (non-hydrogen) atoms. The van der Waals surface area contributed by atoms with Gasteiger partial charge in [0.05, 0.1) is 19.3 Å². The van der Waals surface area contributed by atoms with Crippen molar-refractivity contribution in [2.24, 2.45) is 7.05 Å². The molecule has 1 aromatic rings. The highest BCUT2D eigenvalue weighted by Gasteiger charge is 2.47. The Hall–Kier alpha value is -3.39. The van der Waals surface area contributed by atoms with Crippen LogP contribution in [0, 0.1) is 0 Å². The van der Waals surface area contributed by atoms with Gasteiger partial charge in [0.2, 0.25) is 0 Å². The van der Waals surface area contributed by atoms with Crippen LogP contribution < -0.4 is 10.9 Å². The molecule has 1 fully saturated rings. The van der Waals surface area contributed by atoms with E-state index in [1.807, 2.05) is 0 Å². The van der Waals surface area contributed by atoms with Gasteiger partial charge in [0, 0.05) is 33.9 Å². The molecule has 1 aromatic heterocycles. The molecule has 14 heteroatoms. The van der Waals surface area contributed by atoms with Gasteiger partial charge in [-0.15, -0.1) is 0 Å². The third kappa shape index (κ3) is 7.29. The Morgan fingerprint density at radius 3 is 2.23 bits per heavy atom. The molecule has 0 saturated carbocycles. The lowest BCUT2D eigenvalue weighted by Gasteiger charge is -2.40. The van der Waals surface area contributed by atoms with Crippen LogP contribution in [0.4, 0.5) is 5.82 Å². The van der Waals surface area contributed by atoms with E-state index in [9.17, 15) is 24.0 Å². The Morgan fingerprint density at radius 2 is 1.69 bits per heavy atom. The molecule has 0 aromatic carbocycles. The fourth-order valence-electron chi connectivity index (χ4n) is 3.26. The van der Waals surface area contributed by atoms with Gasteiger partial charge >= 0.3 is 23.9 Å². The van der Waals surface area contributed by atoms with E-state index in [1.165, 1.54) is 43.5 Å². The summed E-state index contributed by atoms with van der Waals surface area (Å²) < 4.78 is 27.5. The predicted molar refractivity (Wildman–Crippen MR) is 122 cm³/mol. The van der Waals surface area contributed by atoms with Crippen molar-refractivity contribution < 1.29 is 42.9 Å². The molecule has 1 saturated heterocycles. The average Bonchev–Trinajstić information content (AvgIpc) is 2.78. The third-order valence-electron chi connectivity index (χ3n) is 4.68. The van der Waals surface area contributed by atoms with Crippen molar-refractivity contribution in [2.45, 2.75) is 50.5 Å². The van der Waals surface area contributed by atoms with Gasteiger partial charge in [-0.05, 0) is 12.3 Å². The number of methoxy groups -OCH3 is 1. The van der Waals surface area contributed by atoms with Crippen LogP contribution in [0.3, 0.4) is 0 Å². The molecule has 13 nitrogen and oxygen atoms in total. The number of thioether (sulfide) groups is 1. The fraction of sp³-hybridized carbons (Fsp3) is 0.524. The number of carbonyl (C=O) groups is 4.